The van der Waals surface area contributed by atoms with Crippen LogP contribution in [0.3, 0.4) is 0 Å². The molecular weight excluding hydrogens is 240 g/mol. The van der Waals surface area contributed by atoms with E-state index in [9.17, 15) is 4.79 Å². The highest BCUT2D eigenvalue weighted by Crippen LogP contribution is 2.33. The van der Waals surface area contributed by atoms with Crippen LogP contribution >= 0.6 is 12.2 Å². The zero-order valence-corrected chi connectivity index (χ0v) is 11.1. The summed E-state index contributed by atoms with van der Waals surface area (Å²) >= 11 is 5.06. The third kappa shape index (κ3) is 2.75. The first-order chi connectivity index (χ1) is 7.95. The van der Waals surface area contributed by atoms with E-state index in [1.165, 1.54) is 4.90 Å². The van der Waals surface area contributed by atoms with Gasteiger partial charge in [0.15, 0.2) is 0 Å². The van der Waals surface area contributed by atoms with Crippen molar-refractivity contribution in [2.24, 2.45) is 11.1 Å². The van der Waals surface area contributed by atoms with Crippen molar-refractivity contribution in [3.63, 3.8) is 0 Å². The predicted molar refractivity (Wildman–Crippen MR) is 68.6 cm³/mol. The first kappa shape index (κ1) is 14.3. The van der Waals surface area contributed by atoms with Gasteiger partial charge in [0, 0.05) is 20.3 Å². The van der Waals surface area contributed by atoms with Crippen molar-refractivity contribution in [3.8, 4) is 0 Å². The summed E-state index contributed by atoms with van der Waals surface area (Å²) in [5, 5.41) is 9.09. The molecule has 1 aliphatic heterocycles. The average molecular weight is 260 g/mol. The highest BCUT2D eigenvalue weighted by atomic mass is 32.1. The zero-order valence-electron chi connectivity index (χ0n) is 10.3. The molecular formula is C11H20N2O3S. The van der Waals surface area contributed by atoms with Gasteiger partial charge in [-0.05, 0) is 19.8 Å². The van der Waals surface area contributed by atoms with Crippen LogP contribution in [0.4, 0.5) is 0 Å². The second kappa shape index (κ2) is 5.75. The number of amides is 1. The van der Waals surface area contributed by atoms with E-state index in [2.05, 4.69) is 0 Å². The van der Waals surface area contributed by atoms with Crippen molar-refractivity contribution >= 4 is 23.1 Å². The fraction of sp³-hybridized carbons (Fsp3) is 0.818. The molecule has 1 saturated heterocycles. The van der Waals surface area contributed by atoms with E-state index in [1.807, 2.05) is 0 Å². The second-order valence-corrected chi connectivity index (χ2v) is 4.95. The molecule has 1 aliphatic rings. The number of rotatable bonds is 4. The first-order valence-electron chi connectivity index (χ1n) is 5.71. The maximum Gasteiger partial charge on any atom is 0.235 e. The molecule has 0 spiro atoms. The number of nitrogens with two attached hydrogens (primary N) is 1. The van der Waals surface area contributed by atoms with E-state index in [0.717, 1.165) is 0 Å². The Hall–Kier alpha value is -0.720. The number of aliphatic hydroxyl groups excluding tert-OH is 1. The van der Waals surface area contributed by atoms with Gasteiger partial charge in [-0.3, -0.25) is 4.79 Å². The molecule has 1 atom stereocenters. The number of ether oxygens (including phenoxy) is 1. The number of hydrogen-bond acceptors (Lipinski definition) is 4. The molecule has 0 aliphatic carbocycles. The molecule has 1 rings (SSSR count). The van der Waals surface area contributed by atoms with Crippen LogP contribution in [-0.2, 0) is 9.53 Å². The molecule has 17 heavy (non-hydrogen) atoms. The zero-order chi connectivity index (χ0) is 13.1. The lowest BCUT2D eigenvalue weighted by atomic mass is 9.78. The molecule has 1 heterocycles. The Morgan fingerprint density at radius 3 is 2.53 bits per heavy atom. The maximum absolute atomic E-state index is 12.5. The van der Waals surface area contributed by atoms with Crippen LogP contribution in [0, 0.1) is 5.41 Å². The summed E-state index contributed by atoms with van der Waals surface area (Å²) in [6.07, 6.45) is 1.04. The van der Waals surface area contributed by atoms with Gasteiger partial charge in [0.25, 0.3) is 0 Å². The molecule has 0 aromatic carbocycles. The smallest absolute Gasteiger partial charge is 0.235 e. The van der Waals surface area contributed by atoms with Crippen LogP contribution in [0.5, 0.6) is 0 Å². The van der Waals surface area contributed by atoms with Crippen molar-refractivity contribution in [1.82, 2.24) is 4.90 Å². The lowest BCUT2D eigenvalue weighted by Crippen LogP contribution is -2.54. The molecule has 1 amide bonds. The molecule has 0 saturated carbocycles. The third-order valence-corrected chi connectivity index (χ3v) is 3.86. The second-order valence-electron chi connectivity index (χ2n) is 4.51. The summed E-state index contributed by atoms with van der Waals surface area (Å²) < 4.78 is 5.26. The molecule has 6 heteroatoms. The molecule has 0 radical (unpaired) electrons. The van der Waals surface area contributed by atoms with Crippen molar-refractivity contribution < 1.29 is 14.6 Å². The van der Waals surface area contributed by atoms with Gasteiger partial charge in [0.1, 0.15) is 5.41 Å². The Labute approximate surface area is 107 Å². The van der Waals surface area contributed by atoms with Crippen LogP contribution < -0.4 is 5.73 Å². The van der Waals surface area contributed by atoms with Crippen molar-refractivity contribution in [2.75, 3.05) is 26.9 Å². The van der Waals surface area contributed by atoms with Crippen molar-refractivity contribution in [3.05, 3.63) is 0 Å². The molecule has 1 fully saturated rings. The number of thiocarbonyl (C=S) groups is 1. The molecule has 0 bridgehead atoms. The molecule has 3 N–H and O–H groups in total. The maximum atomic E-state index is 12.5. The Morgan fingerprint density at radius 1 is 1.59 bits per heavy atom. The Morgan fingerprint density at radius 2 is 2.12 bits per heavy atom. The molecule has 98 valence electrons. The van der Waals surface area contributed by atoms with Gasteiger partial charge in [0.05, 0.1) is 17.6 Å². The summed E-state index contributed by atoms with van der Waals surface area (Å²) in [6.45, 7) is 2.69. The van der Waals surface area contributed by atoms with Crippen LogP contribution in [-0.4, -0.2) is 53.8 Å². The van der Waals surface area contributed by atoms with E-state index in [4.69, 9.17) is 27.8 Å². The largest absolute Gasteiger partial charge is 0.394 e. The van der Waals surface area contributed by atoms with Gasteiger partial charge in [-0.1, -0.05) is 12.2 Å². The Balaban J connectivity index is 2.91. The van der Waals surface area contributed by atoms with E-state index in [-0.39, 0.29) is 23.5 Å². The van der Waals surface area contributed by atoms with E-state index in [0.29, 0.717) is 26.1 Å². The van der Waals surface area contributed by atoms with E-state index >= 15 is 0 Å². The van der Waals surface area contributed by atoms with E-state index < -0.39 is 5.41 Å². The normalized spacial score (nSPS) is 20.6. The monoisotopic (exact) mass is 260 g/mol. The van der Waals surface area contributed by atoms with Gasteiger partial charge < -0.3 is 20.5 Å². The standard InChI is InChI=1S/C11H20N2O3S/c1-8(7-14)13(2)10(15)11(9(12)17)3-5-16-6-4-11/h8,14H,3-7H2,1-2H3,(H2,12,17). The summed E-state index contributed by atoms with van der Waals surface area (Å²) in [5.41, 5.74) is 4.95. The van der Waals surface area contributed by atoms with Crippen LogP contribution in [0.2, 0.25) is 0 Å². The SMILES string of the molecule is CC(CO)N(C)C(=O)C1(C(N)=S)CCOCC1. The third-order valence-electron chi connectivity index (χ3n) is 3.47. The Bertz CT molecular complexity index is 303. The van der Waals surface area contributed by atoms with Gasteiger partial charge in [-0.2, -0.15) is 0 Å². The number of nitrogens with zero attached hydrogens (tertiary/aromatic N) is 1. The highest BCUT2D eigenvalue weighted by molar-refractivity contribution is 7.80. The highest BCUT2D eigenvalue weighted by Gasteiger charge is 2.45. The number of likely N-dealkylation sites (N-methyl/N-ethyl adjacent to an activating group) is 1. The predicted octanol–water partition coefficient (Wildman–Crippen LogP) is -0.0915. The minimum absolute atomic E-state index is 0.0772. The summed E-state index contributed by atoms with van der Waals surface area (Å²) in [7, 11) is 1.67. The molecule has 0 aromatic rings. The van der Waals surface area contributed by atoms with Crippen LogP contribution in [0.1, 0.15) is 19.8 Å². The Kier molecular flexibility index (Phi) is 4.85. The first-order valence-corrected chi connectivity index (χ1v) is 6.12. The fourth-order valence-electron chi connectivity index (χ4n) is 1.95. The number of hydrogen-bond donors (Lipinski definition) is 2. The average Bonchev–Trinajstić information content (AvgIpc) is 2.36. The van der Waals surface area contributed by atoms with Crippen molar-refractivity contribution in [1.29, 1.82) is 0 Å². The lowest BCUT2D eigenvalue weighted by Gasteiger charge is -2.39. The van der Waals surface area contributed by atoms with Crippen molar-refractivity contribution in [2.45, 2.75) is 25.8 Å². The topological polar surface area (TPSA) is 75.8 Å². The quantitative estimate of drug-likeness (QED) is 0.691. The van der Waals surface area contributed by atoms with Gasteiger partial charge in [-0.15, -0.1) is 0 Å². The van der Waals surface area contributed by atoms with Crippen LogP contribution in [0.15, 0.2) is 0 Å². The lowest BCUT2D eigenvalue weighted by molar-refractivity contribution is -0.143. The molecule has 1 unspecified atom stereocenters. The van der Waals surface area contributed by atoms with Gasteiger partial charge >= 0.3 is 0 Å². The molecule has 5 nitrogen and oxygen atoms in total. The summed E-state index contributed by atoms with van der Waals surface area (Å²) in [4.78, 5) is 14.2. The number of carbonyl (C=O) groups is 1. The number of carbonyl (C=O) groups excluding carboxylic acids is 1. The summed E-state index contributed by atoms with van der Waals surface area (Å²) in [6, 6.07) is -0.239. The fourth-order valence-corrected chi connectivity index (χ4v) is 2.24. The van der Waals surface area contributed by atoms with Crippen LogP contribution in [0.25, 0.3) is 0 Å². The molecule has 0 aromatic heterocycles. The van der Waals surface area contributed by atoms with Gasteiger partial charge in [-0.25, -0.2) is 0 Å². The minimum atomic E-state index is -0.800. The minimum Gasteiger partial charge on any atom is -0.394 e. The van der Waals surface area contributed by atoms with Gasteiger partial charge in [0.2, 0.25) is 5.91 Å². The van der Waals surface area contributed by atoms with E-state index in [1.54, 1.807) is 14.0 Å². The summed E-state index contributed by atoms with van der Waals surface area (Å²) in [5.74, 6) is -0.116. The number of aliphatic hydroxyl groups is 1.